The number of nitro groups is 1. The van der Waals surface area contributed by atoms with Crippen LogP contribution in [0.5, 0.6) is 0 Å². The first-order chi connectivity index (χ1) is 11.3. The Morgan fingerprint density at radius 2 is 1.96 bits per heavy atom. The van der Waals surface area contributed by atoms with Crippen molar-refractivity contribution >= 4 is 35.6 Å². The van der Waals surface area contributed by atoms with Gasteiger partial charge in [-0.25, -0.2) is 4.99 Å². The van der Waals surface area contributed by atoms with Gasteiger partial charge >= 0.3 is 0 Å². The van der Waals surface area contributed by atoms with Crippen LogP contribution in [-0.2, 0) is 11.3 Å². The van der Waals surface area contributed by atoms with Gasteiger partial charge in [0.1, 0.15) is 0 Å². The summed E-state index contributed by atoms with van der Waals surface area (Å²) in [6, 6.07) is 6.64. The number of para-hydroxylation sites is 1. The molecule has 7 nitrogen and oxygen atoms in total. The van der Waals surface area contributed by atoms with E-state index in [-0.39, 0.29) is 52.7 Å². The average molecular weight is 464 g/mol. The van der Waals surface area contributed by atoms with Crippen LogP contribution in [-0.4, -0.2) is 37.2 Å². The number of aliphatic imine (C=N–C) groups is 1. The van der Waals surface area contributed by atoms with Gasteiger partial charge in [0.2, 0.25) is 0 Å². The molecule has 1 aromatic rings. The van der Waals surface area contributed by atoms with Gasteiger partial charge in [-0.15, -0.1) is 24.0 Å². The van der Waals surface area contributed by atoms with Crippen molar-refractivity contribution in [2.24, 2.45) is 10.4 Å². The van der Waals surface area contributed by atoms with E-state index in [1.165, 1.54) is 6.07 Å². The largest absolute Gasteiger partial charge is 0.379 e. The fraction of sp³-hybridized carbons (Fsp3) is 0.588. The molecule has 0 radical (unpaired) electrons. The molecule has 0 bridgehead atoms. The summed E-state index contributed by atoms with van der Waals surface area (Å²) < 4.78 is 5.52. The first kappa shape index (κ1) is 23.6. The van der Waals surface area contributed by atoms with Crippen molar-refractivity contribution in [2.75, 3.05) is 20.2 Å². The van der Waals surface area contributed by atoms with Crippen LogP contribution in [0.25, 0.3) is 0 Å². The number of methoxy groups -OCH3 is 1. The highest BCUT2D eigenvalue weighted by Gasteiger charge is 2.24. The minimum Gasteiger partial charge on any atom is -0.379 e. The smallest absolute Gasteiger partial charge is 0.274 e. The van der Waals surface area contributed by atoms with Gasteiger partial charge in [-0.3, -0.25) is 10.1 Å². The van der Waals surface area contributed by atoms with E-state index in [1.54, 1.807) is 25.3 Å². The summed E-state index contributed by atoms with van der Waals surface area (Å²) in [5.41, 5.74) is 0.664. The highest BCUT2D eigenvalue weighted by Crippen LogP contribution is 2.21. The molecule has 0 aliphatic rings. The molecule has 0 aliphatic heterocycles. The second kappa shape index (κ2) is 11.2. The van der Waals surface area contributed by atoms with Crippen molar-refractivity contribution in [3.63, 3.8) is 0 Å². The van der Waals surface area contributed by atoms with Gasteiger partial charge in [-0.1, -0.05) is 39.0 Å². The highest BCUT2D eigenvalue weighted by atomic mass is 127. The lowest BCUT2D eigenvalue weighted by molar-refractivity contribution is -0.385. The van der Waals surface area contributed by atoms with Gasteiger partial charge in [-0.2, -0.15) is 0 Å². The molecule has 0 fully saturated rings. The average Bonchev–Trinajstić information content (AvgIpc) is 2.51. The second-order valence-electron chi connectivity index (χ2n) is 6.55. The molecule has 142 valence electrons. The molecular weight excluding hydrogens is 435 g/mol. The summed E-state index contributed by atoms with van der Waals surface area (Å²) in [6.07, 6.45) is 0.0208. The van der Waals surface area contributed by atoms with Crippen molar-refractivity contribution in [3.8, 4) is 0 Å². The molecule has 0 amide bonds. The number of rotatable bonds is 7. The molecule has 2 N–H and O–H groups in total. The third-order valence-corrected chi connectivity index (χ3v) is 3.65. The number of ether oxygens (including phenoxy) is 1. The predicted octanol–water partition coefficient (Wildman–Crippen LogP) is 3.33. The Hall–Kier alpha value is -1.42. The zero-order valence-corrected chi connectivity index (χ0v) is 17.9. The summed E-state index contributed by atoms with van der Waals surface area (Å²) >= 11 is 0. The summed E-state index contributed by atoms with van der Waals surface area (Å²) in [7, 11) is 1.69. The van der Waals surface area contributed by atoms with E-state index in [0.29, 0.717) is 24.6 Å². The predicted molar refractivity (Wildman–Crippen MR) is 112 cm³/mol. The Labute approximate surface area is 166 Å². The highest BCUT2D eigenvalue weighted by molar-refractivity contribution is 14.0. The Kier molecular flexibility index (Phi) is 10.6. The summed E-state index contributed by atoms with van der Waals surface area (Å²) in [5.74, 6) is 0.613. The Balaban J connectivity index is 0.00000576. The molecule has 0 saturated carbocycles. The van der Waals surface area contributed by atoms with E-state index >= 15 is 0 Å². The van der Waals surface area contributed by atoms with Crippen molar-refractivity contribution in [3.05, 3.63) is 39.9 Å². The zero-order chi connectivity index (χ0) is 18.2. The topological polar surface area (TPSA) is 88.8 Å². The number of nitro benzene ring substituents is 1. The summed E-state index contributed by atoms with van der Waals surface area (Å²) in [5, 5.41) is 17.5. The Morgan fingerprint density at radius 3 is 2.48 bits per heavy atom. The normalized spacial score (nSPS) is 12.9. The molecular formula is C17H29IN4O3. The number of hydrogen-bond donors (Lipinski definition) is 2. The van der Waals surface area contributed by atoms with Crippen LogP contribution in [0.2, 0.25) is 0 Å². The first-order valence-electron chi connectivity index (χ1n) is 8.06. The van der Waals surface area contributed by atoms with Crippen molar-refractivity contribution in [1.29, 1.82) is 0 Å². The number of nitrogens with zero attached hydrogens (tertiary/aromatic N) is 2. The molecule has 1 aromatic carbocycles. The lowest BCUT2D eigenvalue weighted by Crippen LogP contribution is -2.45. The molecule has 8 heteroatoms. The Morgan fingerprint density at radius 1 is 1.32 bits per heavy atom. The molecule has 0 aliphatic carbocycles. The maximum Gasteiger partial charge on any atom is 0.274 e. The quantitative estimate of drug-likeness (QED) is 0.213. The van der Waals surface area contributed by atoms with Crippen LogP contribution in [0.3, 0.4) is 0 Å². The minimum absolute atomic E-state index is 0. The van der Waals surface area contributed by atoms with Crippen LogP contribution in [0.1, 0.15) is 33.3 Å². The van der Waals surface area contributed by atoms with E-state index in [2.05, 4.69) is 36.4 Å². The maximum absolute atomic E-state index is 11.1. The second-order valence-corrected chi connectivity index (χ2v) is 6.55. The number of nitrogens with one attached hydrogen (secondary N) is 2. The molecule has 0 spiro atoms. The molecule has 0 aromatic heterocycles. The number of benzene rings is 1. The lowest BCUT2D eigenvalue weighted by atomic mass is 9.89. The number of hydrogen-bond acceptors (Lipinski definition) is 4. The van der Waals surface area contributed by atoms with E-state index in [1.807, 2.05) is 6.92 Å². The molecule has 0 heterocycles. The maximum atomic E-state index is 11.1. The van der Waals surface area contributed by atoms with Crippen LogP contribution >= 0.6 is 24.0 Å². The Bertz CT molecular complexity index is 573. The van der Waals surface area contributed by atoms with E-state index < -0.39 is 0 Å². The first-order valence-corrected chi connectivity index (χ1v) is 8.06. The molecule has 0 saturated heterocycles. The monoisotopic (exact) mass is 464 g/mol. The van der Waals surface area contributed by atoms with Crippen LogP contribution in [0.4, 0.5) is 5.69 Å². The van der Waals surface area contributed by atoms with Crippen LogP contribution in [0.15, 0.2) is 29.3 Å². The van der Waals surface area contributed by atoms with Gasteiger partial charge < -0.3 is 15.4 Å². The van der Waals surface area contributed by atoms with Crippen molar-refractivity contribution < 1.29 is 9.66 Å². The summed E-state index contributed by atoms with van der Waals surface area (Å²) in [6.45, 7) is 9.85. The third kappa shape index (κ3) is 8.00. The van der Waals surface area contributed by atoms with Gasteiger partial charge in [0, 0.05) is 26.3 Å². The standard InChI is InChI=1S/C17H28N4O3.HI/c1-6-18-16(20-12-15(24-5)17(2,3)4)19-11-13-9-7-8-10-14(13)21(22)23;/h7-10,15H,6,11-12H2,1-5H3,(H2,18,19,20);1H. The van der Waals surface area contributed by atoms with Crippen molar-refractivity contribution in [1.82, 2.24) is 10.6 Å². The fourth-order valence-corrected chi connectivity index (χ4v) is 2.26. The lowest BCUT2D eigenvalue weighted by Gasteiger charge is -2.30. The number of halogens is 1. The molecule has 1 atom stereocenters. The molecule has 1 unspecified atom stereocenters. The molecule has 1 rings (SSSR count). The van der Waals surface area contributed by atoms with Crippen molar-refractivity contribution in [2.45, 2.75) is 40.3 Å². The van der Waals surface area contributed by atoms with E-state index in [9.17, 15) is 10.1 Å². The molecule has 25 heavy (non-hydrogen) atoms. The van der Waals surface area contributed by atoms with Gasteiger partial charge in [0.05, 0.1) is 23.1 Å². The zero-order valence-electron chi connectivity index (χ0n) is 15.5. The third-order valence-electron chi connectivity index (χ3n) is 3.65. The SMILES string of the molecule is CCNC(=NCc1ccccc1[N+](=O)[O-])NCC(OC)C(C)(C)C.I. The van der Waals surface area contributed by atoms with E-state index in [4.69, 9.17) is 4.74 Å². The van der Waals surface area contributed by atoms with Gasteiger partial charge in [0.15, 0.2) is 5.96 Å². The van der Waals surface area contributed by atoms with Crippen LogP contribution in [0, 0.1) is 15.5 Å². The van der Waals surface area contributed by atoms with Gasteiger partial charge in [-0.05, 0) is 12.3 Å². The minimum atomic E-state index is -0.383. The van der Waals surface area contributed by atoms with Crippen LogP contribution < -0.4 is 10.6 Å². The number of guanidine groups is 1. The summed E-state index contributed by atoms with van der Waals surface area (Å²) in [4.78, 5) is 15.1. The fourth-order valence-electron chi connectivity index (χ4n) is 2.26. The van der Waals surface area contributed by atoms with E-state index in [0.717, 1.165) is 0 Å². The van der Waals surface area contributed by atoms with Gasteiger partial charge in [0.25, 0.3) is 5.69 Å².